The fourth-order valence-electron chi connectivity index (χ4n) is 1.74. The summed E-state index contributed by atoms with van der Waals surface area (Å²) in [7, 11) is 0. The number of benzene rings is 1. The zero-order valence-electron chi connectivity index (χ0n) is 12.0. The summed E-state index contributed by atoms with van der Waals surface area (Å²) in [5, 5.41) is 6.24. The van der Waals surface area contributed by atoms with Crippen LogP contribution in [-0.4, -0.2) is 17.6 Å². The Labute approximate surface area is 123 Å². The smallest absolute Gasteiger partial charge is 0.321 e. The highest BCUT2D eigenvalue weighted by Gasteiger charge is 2.07. The normalized spacial score (nSPS) is 10.3. The number of carbonyl (C=O) groups excluding carboxylic acids is 1. The Bertz CT molecular complexity index is 570. The molecule has 0 unspecified atom stereocenters. The van der Waals surface area contributed by atoms with Gasteiger partial charge in [-0.1, -0.05) is 29.8 Å². The molecule has 0 aliphatic carbocycles. The minimum atomic E-state index is -0.203. The van der Waals surface area contributed by atoms with Gasteiger partial charge in [-0.25, -0.2) is 9.78 Å². The van der Waals surface area contributed by atoms with Crippen LogP contribution >= 0.6 is 11.3 Å². The maximum absolute atomic E-state index is 11.7. The number of carbonyl (C=O) groups is 1. The SMILES string of the molecule is Cc1ccc(CCNC(=O)Nc2nc(C)c(C)s2)cc1. The number of urea groups is 1. The second-order valence-electron chi connectivity index (χ2n) is 4.78. The van der Waals surface area contributed by atoms with Crippen LogP contribution in [0.2, 0.25) is 0 Å². The van der Waals surface area contributed by atoms with Crippen LogP contribution in [0.1, 0.15) is 21.7 Å². The largest absolute Gasteiger partial charge is 0.337 e. The summed E-state index contributed by atoms with van der Waals surface area (Å²) in [6, 6.07) is 8.13. The average molecular weight is 289 g/mol. The van der Waals surface area contributed by atoms with E-state index in [1.54, 1.807) is 0 Å². The van der Waals surface area contributed by atoms with Crippen molar-refractivity contribution in [2.24, 2.45) is 0 Å². The van der Waals surface area contributed by atoms with Gasteiger partial charge in [0.1, 0.15) is 0 Å². The number of amides is 2. The lowest BCUT2D eigenvalue weighted by Gasteiger charge is -2.05. The van der Waals surface area contributed by atoms with Gasteiger partial charge in [0.15, 0.2) is 5.13 Å². The third kappa shape index (κ3) is 4.06. The van der Waals surface area contributed by atoms with E-state index in [9.17, 15) is 4.79 Å². The summed E-state index contributed by atoms with van der Waals surface area (Å²) in [5.74, 6) is 0. The summed E-state index contributed by atoms with van der Waals surface area (Å²) >= 11 is 1.49. The summed E-state index contributed by atoms with van der Waals surface area (Å²) in [5.41, 5.74) is 3.43. The lowest BCUT2D eigenvalue weighted by Crippen LogP contribution is -2.30. The van der Waals surface area contributed by atoms with E-state index >= 15 is 0 Å². The molecular formula is C15H19N3OS. The van der Waals surface area contributed by atoms with E-state index in [4.69, 9.17) is 0 Å². The molecule has 0 aliphatic rings. The molecule has 0 spiro atoms. The number of hydrogen-bond acceptors (Lipinski definition) is 3. The van der Waals surface area contributed by atoms with E-state index in [0.29, 0.717) is 11.7 Å². The molecule has 2 aromatic rings. The maximum Gasteiger partial charge on any atom is 0.321 e. The van der Waals surface area contributed by atoms with Crippen LogP contribution in [0.3, 0.4) is 0 Å². The first-order valence-electron chi connectivity index (χ1n) is 6.59. The quantitative estimate of drug-likeness (QED) is 0.906. The molecule has 0 bridgehead atoms. The van der Waals surface area contributed by atoms with Gasteiger partial charge in [0.05, 0.1) is 5.69 Å². The predicted octanol–water partition coefficient (Wildman–Crippen LogP) is 3.43. The van der Waals surface area contributed by atoms with Crippen molar-refractivity contribution in [1.82, 2.24) is 10.3 Å². The number of aromatic nitrogens is 1. The molecule has 2 N–H and O–H groups in total. The molecule has 0 aliphatic heterocycles. The Morgan fingerprint density at radius 2 is 1.90 bits per heavy atom. The molecule has 1 aromatic heterocycles. The number of aryl methyl sites for hydroxylation is 3. The molecule has 2 amide bonds. The first-order chi connectivity index (χ1) is 9.54. The van der Waals surface area contributed by atoms with Crippen LogP contribution < -0.4 is 10.6 Å². The fourth-order valence-corrected chi connectivity index (χ4v) is 2.55. The highest BCUT2D eigenvalue weighted by atomic mass is 32.1. The van der Waals surface area contributed by atoms with Crippen LogP contribution in [-0.2, 0) is 6.42 Å². The number of thiazole rings is 1. The summed E-state index contributed by atoms with van der Waals surface area (Å²) in [6.45, 7) is 6.60. The first-order valence-corrected chi connectivity index (χ1v) is 7.40. The van der Waals surface area contributed by atoms with E-state index in [-0.39, 0.29) is 6.03 Å². The van der Waals surface area contributed by atoms with Crippen molar-refractivity contribution in [3.8, 4) is 0 Å². The second-order valence-corrected chi connectivity index (χ2v) is 5.98. The van der Waals surface area contributed by atoms with Crippen molar-refractivity contribution >= 4 is 22.5 Å². The van der Waals surface area contributed by atoms with Crippen molar-refractivity contribution in [2.75, 3.05) is 11.9 Å². The third-order valence-corrected chi connectivity index (χ3v) is 4.06. The highest BCUT2D eigenvalue weighted by molar-refractivity contribution is 7.15. The minimum absolute atomic E-state index is 0.203. The molecule has 0 fully saturated rings. The van der Waals surface area contributed by atoms with Gasteiger partial charge in [-0.2, -0.15) is 0 Å². The Morgan fingerprint density at radius 1 is 1.20 bits per heavy atom. The van der Waals surface area contributed by atoms with Gasteiger partial charge in [0, 0.05) is 11.4 Å². The Balaban J connectivity index is 1.76. The van der Waals surface area contributed by atoms with Gasteiger partial charge in [0.25, 0.3) is 0 Å². The Morgan fingerprint density at radius 3 is 2.50 bits per heavy atom. The van der Waals surface area contributed by atoms with E-state index in [0.717, 1.165) is 17.0 Å². The van der Waals surface area contributed by atoms with Crippen molar-refractivity contribution < 1.29 is 4.79 Å². The topological polar surface area (TPSA) is 54.0 Å². The lowest BCUT2D eigenvalue weighted by molar-refractivity contribution is 0.252. The predicted molar refractivity (Wildman–Crippen MR) is 83.5 cm³/mol. The van der Waals surface area contributed by atoms with Gasteiger partial charge in [-0.15, -0.1) is 11.3 Å². The van der Waals surface area contributed by atoms with Crippen molar-refractivity contribution in [3.05, 3.63) is 46.0 Å². The Kier molecular flexibility index (Phi) is 4.74. The fraction of sp³-hybridized carbons (Fsp3) is 0.333. The average Bonchev–Trinajstić information content (AvgIpc) is 2.70. The van der Waals surface area contributed by atoms with Gasteiger partial charge in [-0.05, 0) is 32.8 Å². The number of rotatable bonds is 4. The second kappa shape index (κ2) is 6.52. The summed E-state index contributed by atoms with van der Waals surface area (Å²) in [4.78, 5) is 17.1. The van der Waals surface area contributed by atoms with Crippen LogP contribution in [0.5, 0.6) is 0 Å². The monoisotopic (exact) mass is 289 g/mol. The summed E-state index contributed by atoms with van der Waals surface area (Å²) in [6.07, 6.45) is 0.823. The number of hydrogen-bond donors (Lipinski definition) is 2. The van der Waals surface area contributed by atoms with Crippen molar-refractivity contribution in [2.45, 2.75) is 27.2 Å². The van der Waals surface area contributed by atoms with E-state index in [1.165, 1.54) is 22.5 Å². The molecule has 0 saturated heterocycles. The van der Waals surface area contributed by atoms with E-state index < -0.39 is 0 Å². The number of anilines is 1. The molecule has 4 nitrogen and oxygen atoms in total. The molecule has 0 atom stereocenters. The number of nitrogens with one attached hydrogen (secondary N) is 2. The molecule has 1 heterocycles. The molecule has 5 heteroatoms. The molecular weight excluding hydrogens is 270 g/mol. The van der Waals surface area contributed by atoms with Crippen LogP contribution in [0.15, 0.2) is 24.3 Å². The zero-order chi connectivity index (χ0) is 14.5. The van der Waals surface area contributed by atoms with E-state index in [1.807, 2.05) is 13.8 Å². The molecule has 20 heavy (non-hydrogen) atoms. The third-order valence-electron chi connectivity index (χ3n) is 3.07. The van der Waals surface area contributed by atoms with Gasteiger partial charge in [0.2, 0.25) is 0 Å². The first kappa shape index (κ1) is 14.5. The van der Waals surface area contributed by atoms with Gasteiger partial charge in [-0.3, -0.25) is 5.32 Å². The van der Waals surface area contributed by atoms with Crippen LogP contribution in [0, 0.1) is 20.8 Å². The summed E-state index contributed by atoms with van der Waals surface area (Å²) < 4.78 is 0. The standard InChI is InChI=1S/C15H19N3OS/c1-10-4-6-13(7-5-10)8-9-16-14(19)18-15-17-11(2)12(3)20-15/h4-7H,8-9H2,1-3H3,(H2,16,17,18,19). The lowest BCUT2D eigenvalue weighted by atomic mass is 10.1. The molecule has 106 valence electrons. The van der Waals surface area contributed by atoms with Crippen molar-refractivity contribution in [3.63, 3.8) is 0 Å². The highest BCUT2D eigenvalue weighted by Crippen LogP contribution is 2.20. The van der Waals surface area contributed by atoms with Crippen molar-refractivity contribution in [1.29, 1.82) is 0 Å². The van der Waals surface area contributed by atoms with Crippen LogP contribution in [0.25, 0.3) is 0 Å². The molecule has 0 radical (unpaired) electrons. The van der Waals surface area contributed by atoms with Gasteiger partial charge >= 0.3 is 6.03 Å². The Hall–Kier alpha value is -1.88. The van der Waals surface area contributed by atoms with E-state index in [2.05, 4.69) is 46.8 Å². The number of nitrogens with zero attached hydrogens (tertiary/aromatic N) is 1. The minimum Gasteiger partial charge on any atom is -0.337 e. The zero-order valence-corrected chi connectivity index (χ0v) is 12.8. The molecule has 1 aromatic carbocycles. The van der Waals surface area contributed by atoms with Gasteiger partial charge < -0.3 is 5.32 Å². The maximum atomic E-state index is 11.7. The van der Waals surface area contributed by atoms with Crippen LogP contribution in [0.4, 0.5) is 9.93 Å². The molecule has 2 rings (SSSR count). The molecule has 0 saturated carbocycles.